The van der Waals surface area contributed by atoms with Crippen molar-refractivity contribution < 1.29 is 0 Å². The molecule has 2 aromatic carbocycles. The second-order valence-electron chi connectivity index (χ2n) is 6.73. The summed E-state index contributed by atoms with van der Waals surface area (Å²) in [5.41, 5.74) is 7.31. The van der Waals surface area contributed by atoms with Gasteiger partial charge in [0, 0.05) is 16.1 Å². The smallest absolute Gasteiger partial charge is 0.143 e. The molecule has 0 saturated heterocycles. The van der Waals surface area contributed by atoms with Crippen molar-refractivity contribution >= 4 is 33.1 Å². The summed E-state index contributed by atoms with van der Waals surface area (Å²) in [5, 5.41) is 4.59. The zero-order valence-electron chi connectivity index (χ0n) is 15.4. The molecule has 130 valence electrons. The van der Waals surface area contributed by atoms with Gasteiger partial charge in [0.15, 0.2) is 0 Å². The lowest BCUT2D eigenvalue weighted by Gasteiger charge is -2.10. The molecule has 0 amide bonds. The molecular weight excluding hydrogens is 338 g/mol. The number of rotatable bonds is 3. The fraction of sp³-hybridized carbons (Fsp3) is 0.182. The fourth-order valence-corrected chi connectivity index (χ4v) is 4.26. The highest BCUT2D eigenvalue weighted by molar-refractivity contribution is 7.19. The number of aryl methyl sites for hydroxylation is 4. The number of benzene rings is 2. The van der Waals surface area contributed by atoms with Gasteiger partial charge in [0.05, 0.1) is 5.39 Å². The normalized spacial score (nSPS) is 11.1. The Balaban J connectivity index is 1.91. The molecule has 4 rings (SSSR count). The number of fused-ring (bicyclic) bond motifs is 1. The van der Waals surface area contributed by atoms with Crippen molar-refractivity contribution in [2.75, 3.05) is 5.32 Å². The highest BCUT2D eigenvalue weighted by Crippen LogP contribution is 2.41. The second kappa shape index (κ2) is 6.54. The number of hydrogen-bond acceptors (Lipinski definition) is 4. The minimum absolute atomic E-state index is 0.859. The van der Waals surface area contributed by atoms with Crippen molar-refractivity contribution in [2.45, 2.75) is 27.7 Å². The Bertz CT molecular complexity index is 1110. The Kier molecular flexibility index (Phi) is 4.21. The minimum atomic E-state index is 0.859. The standard InChI is InChI=1S/C22H21N3S/c1-13-6-5-7-18(10-13)25-21-20-19(16(4)26-22(20)24-12-23-21)17-9-8-14(2)15(3)11-17/h5-12H,1-4H3,(H,23,24,25). The van der Waals surface area contributed by atoms with Crippen LogP contribution < -0.4 is 5.32 Å². The van der Waals surface area contributed by atoms with Gasteiger partial charge in [0.25, 0.3) is 0 Å². The van der Waals surface area contributed by atoms with E-state index in [4.69, 9.17) is 0 Å². The van der Waals surface area contributed by atoms with Gasteiger partial charge in [-0.1, -0.05) is 30.3 Å². The van der Waals surface area contributed by atoms with Gasteiger partial charge in [0.2, 0.25) is 0 Å². The quantitative estimate of drug-likeness (QED) is 0.464. The van der Waals surface area contributed by atoms with Crippen LogP contribution in [0.4, 0.5) is 11.5 Å². The molecule has 0 fully saturated rings. The van der Waals surface area contributed by atoms with Gasteiger partial charge in [-0.05, 0) is 62.1 Å². The van der Waals surface area contributed by atoms with E-state index in [-0.39, 0.29) is 0 Å². The SMILES string of the molecule is Cc1cccc(Nc2ncnc3sc(C)c(-c4ccc(C)c(C)c4)c23)c1. The molecule has 26 heavy (non-hydrogen) atoms. The van der Waals surface area contributed by atoms with Crippen LogP contribution in [0.15, 0.2) is 48.8 Å². The number of thiophene rings is 1. The lowest BCUT2D eigenvalue weighted by atomic mass is 9.99. The monoisotopic (exact) mass is 359 g/mol. The number of aromatic nitrogens is 2. The minimum Gasteiger partial charge on any atom is -0.340 e. The molecule has 1 N–H and O–H groups in total. The molecule has 4 heteroatoms. The van der Waals surface area contributed by atoms with Crippen LogP contribution in [0.25, 0.3) is 21.3 Å². The maximum atomic E-state index is 4.56. The van der Waals surface area contributed by atoms with Crippen molar-refractivity contribution in [1.82, 2.24) is 9.97 Å². The summed E-state index contributed by atoms with van der Waals surface area (Å²) in [6.45, 7) is 8.56. The summed E-state index contributed by atoms with van der Waals surface area (Å²) in [5.74, 6) is 0.859. The third-order valence-corrected chi connectivity index (χ3v) is 5.75. The van der Waals surface area contributed by atoms with E-state index in [9.17, 15) is 0 Å². The van der Waals surface area contributed by atoms with E-state index in [2.05, 4.69) is 85.4 Å². The van der Waals surface area contributed by atoms with Crippen molar-refractivity contribution in [2.24, 2.45) is 0 Å². The van der Waals surface area contributed by atoms with E-state index in [0.717, 1.165) is 21.7 Å². The summed E-state index contributed by atoms with van der Waals surface area (Å²) >= 11 is 1.72. The van der Waals surface area contributed by atoms with Crippen LogP contribution in [-0.4, -0.2) is 9.97 Å². The second-order valence-corrected chi connectivity index (χ2v) is 7.93. The summed E-state index contributed by atoms with van der Waals surface area (Å²) in [4.78, 5) is 11.3. The zero-order valence-corrected chi connectivity index (χ0v) is 16.2. The first kappa shape index (κ1) is 16.7. The van der Waals surface area contributed by atoms with Gasteiger partial charge >= 0.3 is 0 Å². The average Bonchev–Trinajstić information content (AvgIpc) is 2.94. The Morgan fingerprint density at radius 3 is 2.50 bits per heavy atom. The van der Waals surface area contributed by atoms with E-state index in [1.807, 2.05) is 0 Å². The summed E-state index contributed by atoms with van der Waals surface area (Å²) in [7, 11) is 0. The molecular formula is C22H21N3S. The summed E-state index contributed by atoms with van der Waals surface area (Å²) in [6, 6.07) is 15.0. The Morgan fingerprint density at radius 1 is 0.885 bits per heavy atom. The highest BCUT2D eigenvalue weighted by Gasteiger charge is 2.17. The number of anilines is 2. The molecule has 0 unspecified atom stereocenters. The van der Waals surface area contributed by atoms with Crippen LogP contribution in [0.3, 0.4) is 0 Å². The van der Waals surface area contributed by atoms with Crippen molar-refractivity contribution in [1.29, 1.82) is 0 Å². The van der Waals surface area contributed by atoms with Gasteiger partial charge in [-0.25, -0.2) is 9.97 Å². The zero-order chi connectivity index (χ0) is 18.3. The van der Waals surface area contributed by atoms with E-state index in [1.165, 1.54) is 32.7 Å². The molecule has 2 heterocycles. The third kappa shape index (κ3) is 2.97. The lowest BCUT2D eigenvalue weighted by molar-refractivity contribution is 1.23. The molecule has 0 saturated carbocycles. The van der Waals surface area contributed by atoms with Crippen molar-refractivity contribution in [3.8, 4) is 11.1 Å². The molecule has 0 bridgehead atoms. The first-order valence-corrected chi connectivity index (χ1v) is 9.50. The van der Waals surface area contributed by atoms with Crippen LogP contribution in [0.1, 0.15) is 21.6 Å². The number of nitrogens with zero attached hydrogens (tertiary/aromatic N) is 2. The molecule has 2 aromatic heterocycles. The summed E-state index contributed by atoms with van der Waals surface area (Å²) < 4.78 is 0. The summed E-state index contributed by atoms with van der Waals surface area (Å²) in [6.07, 6.45) is 1.64. The predicted molar refractivity (Wildman–Crippen MR) is 112 cm³/mol. The number of hydrogen-bond donors (Lipinski definition) is 1. The molecule has 0 atom stereocenters. The molecule has 0 spiro atoms. The molecule has 3 nitrogen and oxygen atoms in total. The number of nitrogens with one attached hydrogen (secondary N) is 1. The van der Waals surface area contributed by atoms with Crippen LogP contribution in [0.2, 0.25) is 0 Å². The Hall–Kier alpha value is -2.72. The average molecular weight is 359 g/mol. The molecule has 0 radical (unpaired) electrons. The predicted octanol–water partition coefficient (Wildman–Crippen LogP) is 6.34. The Morgan fingerprint density at radius 2 is 1.73 bits per heavy atom. The molecule has 0 aliphatic heterocycles. The van der Waals surface area contributed by atoms with E-state index in [1.54, 1.807) is 17.7 Å². The van der Waals surface area contributed by atoms with Crippen LogP contribution in [0, 0.1) is 27.7 Å². The van der Waals surface area contributed by atoms with E-state index < -0.39 is 0 Å². The van der Waals surface area contributed by atoms with E-state index >= 15 is 0 Å². The molecule has 0 aliphatic rings. The van der Waals surface area contributed by atoms with Crippen LogP contribution in [0.5, 0.6) is 0 Å². The third-order valence-electron chi connectivity index (χ3n) is 4.74. The highest BCUT2D eigenvalue weighted by atomic mass is 32.1. The molecule has 0 aliphatic carbocycles. The van der Waals surface area contributed by atoms with Gasteiger partial charge in [-0.15, -0.1) is 11.3 Å². The first-order valence-electron chi connectivity index (χ1n) is 8.68. The van der Waals surface area contributed by atoms with Crippen molar-refractivity contribution in [3.63, 3.8) is 0 Å². The van der Waals surface area contributed by atoms with Crippen LogP contribution in [-0.2, 0) is 0 Å². The lowest BCUT2D eigenvalue weighted by Crippen LogP contribution is -1.96. The van der Waals surface area contributed by atoms with Gasteiger partial charge in [-0.3, -0.25) is 0 Å². The fourth-order valence-electron chi connectivity index (χ4n) is 3.24. The topological polar surface area (TPSA) is 37.8 Å². The Labute approximate surface area is 157 Å². The van der Waals surface area contributed by atoms with Crippen LogP contribution >= 0.6 is 11.3 Å². The van der Waals surface area contributed by atoms with E-state index in [0.29, 0.717) is 0 Å². The van der Waals surface area contributed by atoms with Gasteiger partial charge in [-0.2, -0.15) is 0 Å². The maximum absolute atomic E-state index is 4.56. The first-order chi connectivity index (χ1) is 12.5. The largest absolute Gasteiger partial charge is 0.340 e. The van der Waals surface area contributed by atoms with Gasteiger partial charge in [0.1, 0.15) is 17.0 Å². The molecule has 4 aromatic rings. The maximum Gasteiger partial charge on any atom is 0.143 e. The van der Waals surface area contributed by atoms with Gasteiger partial charge < -0.3 is 5.32 Å². The van der Waals surface area contributed by atoms with Crippen molar-refractivity contribution in [3.05, 3.63) is 70.4 Å².